The number of anilines is 1. The minimum Gasteiger partial charge on any atom is -0.313 e. The highest BCUT2D eigenvalue weighted by atomic mass is 79.9. The van der Waals surface area contributed by atoms with E-state index in [0.29, 0.717) is 0 Å². The average Bonchev–Trinajstić information content (AvgIpc) is 2.37. The molecule has 98 valence electrons. The van der Waals surface area contributed by atoms with Crippen molar-refractivity contribution < 1.29 is 4.79 Å². The van der Waals surface area contributed by atoms with Crippen LogP contribution in [0.2, 0.25) is 0 Å². The summed E-state index contributed by atoms with van der Waals surface area (Å²) >= 11 is 3.48. The zero-order chi connectivity index (χ0) is 13.1. The maximum Gasteiger partial charge on any atom is 0.245 e. The summed E-state index contributed by atoms with van der Waals surface area (Å²) in [5.74, 6) is 0.105. The van der Waals surface area contributed by atoms with Crippen molar-refractivity contribution in [2.45, 2.75) is 6.04 Å². The number of halogens is 1. The molecule has 1 atom stereocenters. The molecule has 1 aliphatic rings. The van der Waals surface area contributed by atoms with E-state index in [0.717, 1.165) is 29.8 Å². The normalized spacial score (nSPS) is 20.7. The first kappa shape index (κ1) is 13.5. The Morgan fingerprint density at radius 3 is 2.89 bits per heavy atom. The molecule has 0 spiro atoms. The lowest BCUT2D eigenvalue weighted by Crippen LogP contribution is -2.56. The number of nitrogens with zero attached hydrogens (tertiary/aromatic N) is 2. The van der Waals surface area contributed by atoms with Crippen LogP contribution in [0, 0.1) is 0 Å². The number of hydrogen-bond donors (Lipinski definition) is 1. The van der Waals surface area contributed by atoms with Gasteiger partial charge < -0.3 is 15.1 Å². The predicted octanol–water partition coefficient (Wildman–Crippen LogP) is 1.32. The largest absolute Gasteiger partial charge is 0.313 e. The summed E-state index contributed by atoms with van der Waals surface area (Å²) in [6, 6.07) is 7.64. The van der Waals surface area contributed by atoms with Crippen LogP contribution >= 0.6 is 15.9 Å². The van der Waals surface area contributed by atoms with Gasteiger partial charge in [0, 0.05) is 31.2 Å². The number of amides is 1. The Kier molecular flexibility index (Phi) is 4.37. The van der Waals surface area contributed by atoms with Crippen molar-refractivity contribution in [3.8, 4) is 0 Å². The molecule has 4 nitrogen and oxygen atoms in total. The van der Waals surface area contributed by atoms with Gasteiger partial charge in [-0.2, -0.15) is 0 Å². The number of rotatable bonds is 2. The molecule has 5 heteroatoms. The highest BCUT2D eigenvalue weighted by molar-refractivity contribution is 9.10. The molecule has 1 fully saturated rings. The first-order valence-electron chi connectivity index (χ1n) is 6.03. The molecule has 1 aromatic carbocycles. The van der Waals surface area contributed by atoms with Gasteiger partial charge in [0.25, 0.3) is 0 Å². The van der Waals surface area contributed by atoms with Crippen LogP contribution in [0.1, 0.15) is 0 Å². The van der Waals surface area contributed by atoms with Gasteiger partial charge in [0.05, 0.1) is 5.69 Å². The molecule has 1 N–H and O–H groups in total. The van der Waals surface area contributed by atoms with Crippen LogP contribution in [-0.4, -0.2) is 50.6 Å². The Labute approximate surface area is 116 Å². The Hall–Kier alpha value is -0.910. The second kappa shape index (κ2) is 5.82. The summed E-state index contributed by atoms with van der Waals surface area (Å²) in [6.07, 6.45) is 0. The van der Waals surface area contributed by atoms with Crippen molar-refractivity contribution >= 4 is 27.5 Å². The zero-order valence-electron chi connectivity index (χ0n) is 10.7. The Balaban J connectivity index is 2.11. The van der Waals surface area contributed by atoms with Crippen LogP contribution in [0.15, 0.2) is 28.7 Å². The zero-order valence-corrected chi connectivity index (χ0v) is 12.3. The van der Waals surface area contributed by atoms with Crippen LogP contribution in [0.5, 0.6) is 0 Å². The molecule has 0 bridgehead atoms. The van der Waals surface area contributed by atoms with Crippen LogP contribution < -0.4 is 10.2 Å². The molecule has 18 heavy (non-hydrogen) atoms. The van der Waals surface area contributed by atoms with E-state index in [1.165, 1.54) is 0 Å². The van der Waals surface area contributed by atoms with E-state index in [1.807, 2.05) is 38.4 Å². The smallest absolute Gasteiger partial charge is 0.245 e. The number of para-hydroxylation sites is 1. The van der Waals surface area contributed by atoms with Gasteiger partial charge in [0.15, 0.2) is 0 Å². The van der Waals surface area contributed by atoms with Gasteiger partial charge in [-0.25, -0.2) is 0 Å². The van der Waals surface area contributed by atoms with Crippen LogP contribution in [-0.2, 0) is 4.79 Å². The van der Waals surface area contributed by atoms with E-state index in [9.17, 15) is 4.79 Å². The van der Waals surface area contributed by atoms with Crippen molar-refractivity contribution in [1.82, 2.24) is 10.2 Å². The molecule has 1 heterocycles. The van der Waals surface area contributed by atoms with Crippen LogP contribution in [0.4, 0.5) is 5.69 Å². The summed E-state index contributed by atoms with van der Waals surface area (Å²) in [5, 5.41) is 3.27. The van der Waals surface area contributed by atoms with Crippen molar-refractivity contribution in [3.63, 3.8) is 0 Å². The lowest BCUT2D eigenvalue weighted by atomic mass is 10.2. The van der Waals surface area contributed by atoms with Gasteiger partial charge >= 0.3 is 0 Å². The number of likely N-dealkylation sites (N-methyl/N-ethyl adjacent to an activating group) is 2. The summed E-state index contributed by atoms with van der Waals surface area (Å²) in [7, 11) is 3.86. The Bertz CT molecular complexity index is 438. The fraction of sp³-hybridized carbons (Fsp3) is 0.462. The number of piperazine rings is 1. The molecular formula is C13H18BrN3O. The van der Waals surface area contributed by atoms with Crippen molar-refractivity contribution in [1.29, 1.82) is 0 Å². The second-order valence-corrected chi connectivity index (χ2v) is 5.47. The number of carbonyl (C=O) groups excluding carboxylic acids is 1. The topological polar surface area (TPSA) is 35.6 Å². The van der Waals surface area contributed by atoms with Gasteiger partial charge in [-0.05, 0) is 35.1 Å². The third kappa shape index (κ3) is 2.91. The van der Waals surface area contributed by atoms with Gasteiger partial charge in [0.1, 0.15) is 6.04 Å². The average molecular weight is 312 g/mol. The van der Waals surface area contributed by atoms with Crippen molar-refractivity contribution in [2.24, 2.45) is 0 Å². The first-order valence-corrected chi connectivity index (χ1v) is 6.83. The maximum absolute atomic E-state index is 12.4. The molecule has 1 saturated heterocycles. The molecule has 0 aliphatic carbocycles. The van der Waals surface area contributed by atoms with E-state index in [1.54, 1.807) is 4.90 Å². The van der Waals surface area contributed by atoms with Gasteiger partial charge in [-0.3, -0.25) is 4.79 Å². The van der Waals surface area contributed by atoms with E-state index < -0.39 is 0 Å². The van der Waals surface area contributed by atoms with E-state index in [2.05, 4.69) is 26.1 Å². The lowest BCUT2D eigenvalue weighted by Gasteiger charge is -2.32. The standard InChI is InChI=1S/C13H18BrN3O/c1-16-8-7-15-11(9-16)13(18)17(2)12-6-4-3-5-10(12)14/h3-6,11,15H,7-9H2,1-2H3. The number of hydrogen-bond acceptors (Lipinski definition) is 3. The molecule has 1 unspecified atom stereocenters. The fourth-order valence-electron chi connectivity index (χ4n) is 2.14. The van der Waals surface area contributed by atoms with Gasteiger partial charge in [-0.15, -0.1) is 0 Å². The summed E-state index contributed by atoms with van der Waals surface area (Å²) in [5.41, 5.74) is 0.900. The third-order valence-electron chi connectivity index (χ3n) is 3.22. The SMILES string of the molecule is CN1CCNC(C(=O)N(C)c2ccccc2Br)C1. The fourth-order valence-corrected chi connectivity index (χ4v) is 2.69. The predicted molar refractivity (Wildman–Crippen MR) is 76.8 cm³/mol. The van der Waals surface area contributed by atoms with E-state index in [4.69, 9.17) is 0 Å². The van der Waals surface area contributed by atoms with Crippen LogP contribution in [0.25, 0.3) is 0 Å². The second-order valence-electron chi connectivity index (χ2n) is 4.62. The minimum atomic E-state index is -0.124. The highest BCUT2D eigenvalue weighted by Crippen LogP contribution is 2.25. The Morgan fingerprint density at radius 1 is 1.50 bits per heavy atom. The van der Waals surface area contributed by atoms with Crippen LogP contribution in [0.3, 0.4) is 0 Å². The summed E-state index contributed by atoms with van der Waals surface area (Å²) in [4.78, 5) is 16.3. The monoisotopic (exact) mass is 311 g/mol. The van der Waals surface area contributed by atoms with E-state index >= 15 is 0 Å². The molecule has 1 aliphatic heterocycles. The first-order chi connectivity index (χ1) is 8.59. The molecular weight excluding hydrogens is 294 g/mol. The molecule has 0 saturated carbocycles. The lowest BCUT2D eigenvalue weighted by molar-refractivity contribution is -0.121. The van der Waals surface area contributed by atoms with E-state index in [-0.39, 0.29) is 11.9 Å². The molecule has 0 aromatic heterocycles. The molecule has 0 radical (unpaired) electrons. The highest BCUT2D eigenvalue weighted by Gasteiger charge is 2.27. The number of carbonyl (C=O) groups is 1. The summed E-state index contributed by atoms with van der Waals surface area (Å²) in [6.45, 7) is 2.60. The third-order valence-corrected chi connectivity index (χ3v) is 3.89. The van der Waals surface area contributed by atoms with Crippen molar-refractivity contribution in [2.75, 3.05) is 38.6 Å². The van der Waals surface area contributed by atoms with Crippen molar-refractivity contribution in [3.05, 3.63) is 28.7 Å². The molecule has 1 aromatic rings. The molecule has 2 rings (SSSR count). The Morgan fingerprint density at radius 2 is 2.22 bits per heavy atom. The number of benzene rings is 1. The summed E-state index contributed by atoms with van der Waals surface area (Å²) < 4.78 is 0.935. The van der Waals surface area contributed by atoms with Gasteiger partial charge in [-0.1, -0.05) is 12.1 Å². The quantitative estimate of drug-likeness (QED) is 0.894. The number of nitrogens with one attached hydrogen (secondary N) is 1. The molecule has 1 amide bonds. The maximum atomic E-state index is 12.4. The van der Waals surface area contributed by atoms with Gasteiger partial charge in [0.2, 0.25) is 5.91 Å². The minimum absolute atomic E-state index is 0.105.